The quantitative estimate of drug-likeness (QED) is 0.518. The Morgan fingerprint density at radius 3 is 2.66 bits per heavy atom. The average Bonchev–Trinajstić information content (AvgIpc) is 2.72. The van der Waals surface area contributed by atoms with Gasteiger partial charge in [-0.15, -0.1) is 0 Å². The monoisotopic (exact) mass is 476 g/mol. The summed E-state index contributed by atoms with van der Waals surface area (Å²) in [4.78, 5) is 34.3. The van der Waals surface area contributed by atoms with Crippen LogP contribution in [0.3, 0.4) is 0 Å². The summed E-state index contributed by atoms with van der Waals surface area (Å²) in [6.45, 7) is 5.83. The predicted molar refractivity (Wildman–Crippen MR) is 124 cm³/mol. The lowest BCUT2D eigenvalue weighted by Gasteiger charge is -2.22. The van der Waals surface area contributed by atoms with E-state index in [4.69, 9.17) is 11.6 Å². The second-order valence-corrected chi connectivity index (χ2v) is 9.86. The molecule has 0 spiro atoms. The van der Waals surface area contributed by atoms with Crippen LogP contribution in [0.1, 0.15) is 43.4 Å². The number of aromatic nitrogens is 2. The molecule has 32 heavy (non-hydrogen) atoms. The number of H-pyrrole nitrogens is 1. The molecule has 10 heteroatoms. The zero-order chi connectivity index (χ0) is 23.5. The molecule has 0 aliphatic carbocycles. The number of hydrogen-bond donors (Lipinski definition) is 2. The van der Waals surface area contributed by atoms with E-state index in [9.17, 15) is 18.0 Å². The molecular weight excluding hydrogens is 452 g/mol. The number of rotatable bonds is 8. The molecule has 1 heterocycles. The normalized spacial score (nSPS) is 11.8. The number of fused-ring (bicyclic) bond motifs is 1. The lowest BCUT2D eigenvalue weighted by atomic mass is 10.2. The van der Waals surface area contributed by atoms with Crippen LogP contribution in [0, 0.1) is 0 Å². The Labute approximate surface area is 191 Å². The van der Waals surface area contributed by atoms with Crippen LogP contribution in [0.15, 0.2) is 52.2 Å². The predicted octanol–water partition coefficient (Wildman–Crippen LogP) is 3.32. The molecule has 0 fully saturated rings. The van der Waals surface area contributed by atoms with E-state index in [1.54, 1.807) is 38.1 Å². The molecule has 1 amide bonds. The third-order valence-corrected chi connectivity index (χ3v) is 6.51. The van der Waals surface area contributed by atoms with Crippen LogP contribution in [0.2, 0.25) is 5.02 Å². The minimum absolute atomic E-state index is 0.0142. The number of halogens is 1. The van der Waals surface area contributed by atoms with Gasteiger partial charge in [0, 0.05) is 23.2 Å². The molecule has 3 aromatic rings. The van der Waals surface area contributed by atoms with Crippen LogP contribution < -0.4 is 10.3 Å². The van der Waals surface area contributed by atoms with Gasteiger partial charge in [0.25, 0.3) is 11.5 Å². The molecule has 1 aromatic heterocycles. The van der Waals surface area contributed by atoms with Gasteiger partial charge in [0.1, 0.15) is 5.82 Å². The molecule has 0 bridgehead atoms. The maximum absolute atomic E-state index is 13.2. The van der Waals surface area contributed by atoms with Gasteiger partial charge in [0.15, 0.2) is 0 Å². The molecule has 2 N–H and O–H groups in total. The smallest absolute Gasteiger partial charge is 0.258 e. The Bertz CT molecular complexity index is 1300. The van der Waals surface area contributed by atoms with E-state index < -0.39 is 10.0 Å². The summed E-state index contributed by atoms with van der Waals surface area (Å²) in [7, 11) is -3.74. The molecule has 0 aliphatic rings. The first-order valence-electron chi connectivity index (χ1n) is 10.2. The summed E-state index contributed by atoms with van der Waals surface area (Å²) in [6.07, 6.45) is 0.669. The van der Waals surface area contributed by atoms with Gasteiger partial charge in [0.05, 0.1) is 22.3 Å². The van der Waals surface area contributed by atoms with Gasteiger partial charge in [-0.1, -0.05) is 24.6 Å². The molecule has 0 atom stereocenters. The van der Waals surface area contributed by atoms with Crippen LogP contribution >= 0.6 is 11.6 Å². The molecule has 0 unspecified atom stereocenters. The Kier molecular flexibility index (Phi) is 7.33. The van der Waals surface area contributed by atoms with Crippen molar-refractivity contribution in [2.75, 3.05) is 6.54 Å². The topological polar surface area (TPSA) is 112 Å². The minimum Gasteiger partial charge on any atom is -0.331 e. The van der Waals surface area contributed by atoms with Crippen molar-refractivity contribution < 1.29 is 13.2 Å². The molecule has 0 saturated heterocycles. The van der Waals surface area contributed by atoms with Crippen molar-refractivity contribution in [3.63, 3.8) is 0 Å². The van der Waals surface area contributed by atoms with Gasteiger partial charge in [-0.25, -0.2) is 18.1 Å². The van der Waals surface area contributed by atoms with E-state index in [-0.39, 0.29) is 34.5 Å². The van der Waals surface area contributed by atoms with E-state index in [2.05, 4.69) is 14.7 Å². The summed E-state index contributed by atoms with van der Waals surface area (Å²) < 4.78 is 27.5. The van der Waals surface area contributed by atoms with E-state index in [1.807, 2.05) is 6.92 Å². The Morgan fingerprint density at radius 2 is 1.97 bits per heavy atom. The van der Waals surface area contributed by atoms with Gasteiger partial charge < -0.3 is 9.88 Å². The van der Waals surface area contributed by atoms with Crippen molar-refractivity contribution in [1.29, 1.82) is 0 Å². The molecule has 2 aromatic carbocycles. The van der Waals surface area contributed by atoms with Crippen LogP contribution in [0.4, 0.5) is 0 Å². The number of hydrogen-bond acceptors (Lipinski definition) is 5. The van der Waals surface area contributed by atoms with Crippen LogP contribution in [0.5, 0.6) is 0 Å². The Morgan fingerprint density at radius 1 is 1.22 bits per heavy atom. The van der Waals surface area contributed by atoms with Crippen LogP contribution in [-0.2, 0) is 16.6 Å². The zero-order valence-electron chi connectivity index (χ0n) is 18.1. The lowest BCUT2D eigenvalue weighted by molar-refractivity contribution is 0.0738. The highest BCUT2D eigenvalue weighted by atomic mass is 35.5. The summed E-state index contributed by atoms with van der Waals surface area (Å²) in [5, 5.41) is 0.859. The first kappa shape index (κ1) is 23.9. The molecule has 0 aliphatic heterocycles. The van der Waals surface area contributed by atoms with Crippen molar-refractivity contribution in [3.05, 3.63) is 69.2 Å². The van der Waals surface area contributed by atoms with Crippen LogP contribution in [0.25, 0.3) is 10.9 Å². The van der Waals surface area contributed by atoms with E-state index in [0.717, 1.165) is 0 Å². The fourth-order valence-corrected chi connectivity index (χ4v) is 4.76. The Balaban J connectivity index is 1.93. The SMILES string of the molecule is CCCN(Cc1nc2cc(Cl)ccc2c(=O)[nH]1)C(=O)c1cccc(S(=O)(=O)NC(C)C)c1. The lowest BCUT2D eigenvalue weighted by Crippen LogP contribution is -2.33. The van der Waals surface area contributed by atoms with Gasteiger partial charge in [-0.05, 0) is 56.7 Å². The maximum Gasteiger partial charge on any atom is 0.258 e. The molecule has 0 radical (unpaired) electrons. The van der Waals surface area contributed by atoms with Crippen molar-refractivity contribution in [2.45, 2.75) is 44.7 Å². The number of nitrogens with one attached hydrogen (secondary N) is 2. The van der Waals surface area contributed by atoms with E-state index in [1.165, 1.54) is 23.1 Å². The molecule has 170 valence electrons. The number of benzene rings is 2. The number of carbonyl (C=O) groups is 1. The first-order chi connectivity index (χ1) is 15.1. The van der Waals surface area contributed by atoms with Gasteiger partial charge >= 0.3 is 0 Å². The summed E-state index contributed by atoms with van der Waals surface area (Å²) >= 11 is 6.02. The van der Waals surface area contributed by atoms with Crippen molar-refractivity contribution >= 4 is 38.4 Å². The molecule has 0 saturated carbocycles. The average molecular weight is 477 g/mol. The van der Waals surface area contributed by atoms with Gasteiger partial charge in [0.2, 0.25) is 10.0 Å². The second-order valence-electron chi connectivity index (χ2n) is 7.70. The highest BCUT2D eigenvalue weighted by Crippen LogP contribution is 2.17. The second kappa shape index (κ2) is 9.81. The largest absolute Gasteiger partial charge is 0.331 e. The van der Waals surface area contributed by atoms with E-state index in [0.29, 0.717) is 34.7 Å². The van der Waals surface area contributed by atoms with Crippen molar-refractivity contribution in [2.24, 2.45) is 0 Å². The third-order valence-electron chi connectivity index (χ3n) is 4.62. The maximum atomic E-state index is 13.2. The highest BCUT2D eigenvalue weighted by Gasteiger charge is 2.21. The number of amides is 1. The van der Waals surface area contributed by atoms with Crippen molar-refractivity contribution in [1.82, 2.24) is 19.6 Å². The summed E-state index contributed by atoms with van der Waals surface area (Å²) in [6, 6.07) is 10.4. The summed E-state index contributed by atoms with van der Waals surface area (Å²) in [5.41, 5.74) is 0.350. The van der Waals surface area contributed by atoms with E-state index >= 15 is 0 Å². The van der Waals surface area contributed by atoms with Gasteiger partial charge in [-0.3, -0.25) is 9.59 Å². The zero-order valence-corrected chi connectivity index (χ0v) is 19.6. The molecular formula is C22H25ClN4O4S. The fourth-order valence-electron chi connectivity index (χ4n) is 3.30. The van der Waals surface area contributed by atoms with Gasteiger partial charge in [-0.2, -0.15) is 0 Å². The minimum atomic E-state index is -3.74. The number of sulfonamides is 1. The third kappa shape index (κ3) is 5.53. The first-order valence-corrected chi connectivity index (χ1v) is 12.1. The highest BCUT2D eigenvalue weighted by molar-refractivity contribution is 7.89. The van der Waals surface area contributed by atoms with Crippen LogP contribution in [-0.4, -0.2) is 41.8 Å². The number of nitrogens with zero attached hydrogens (tertiary/aromatic N) is 2. The standard InChI is InChI=1S/C22H25ClN4O4S/c1-4-10-27(13-20-24-19-12-16(23)8-9-18(19)21(28)25-20)22(29)15-6-5-7-17(11-15)32(30,31)26-14(2)3/h5-9,11-12,14,26H,4,10,13H2,1-3H3,(H,24,25,28). The fraction of sp³-hybridized carbons (Fsp3) is 0.318. The number of carbonyl (C=O) groups excluding carboxylic acids is 1. The number of aromatic amines is 1. The molecule has 8 nitrogen and oxygen atoms in total. The summed E-state index contributed by atoms with van der Waals surface area (Å²) in [5.74, 6) is -0.0425. The molecule has 3 rings (SSSR count). The van der Waals surface area contributed by atoms with Crippen molar-refractivity contribution in [3.8, 4) is 0 Å². The Hall–Kier alpha value is -2.75.